The summed E-state index contributed by atoms with van der Waals surface area (Å²) in [6.07, 6.45) is 3.09. The van der Waals surface area contributed by atoms with Crippen LogP contribution in [0.1, 0.15) is 34.3 Å². The highest BCUT2D eigenvalue weighted by atomic mass is 19.1. The van der Waals surface area contributed by atoms with Gasteiger partial charge in [0.1, 0.15) is 17.4 Å². The predicted molar refractivity (Wildman–Crippen MR) is 112 cm³/mol. The molecule has 0 atom stereocenters. The molecule has 2 aromatic heterocycles. The van der Waals surface area contributed by atoms with Crippen LogP contribution in [0.4, 0.5) is 14.5 Å². The maximum Gasteiger partial charge on any atom is 0.295 e. The lowest BCUT2D eigenvalue weighted by Crippen LogP contribution is -2.16. The van der Waals surface area contributed by atoms with Gasteiger partial charge >= 0.3 is 0 Å². The first kappa shape index (κ1) is 21.0. The van der Waals surface area contributed by atoms with Crippen molar-refractivity contribution in [3.05, 3.63) is 71.8 Å². The van der Waals surface area contributed by atoms with Gasteiger partial charge in [-0.3, -0.25) is 14.6 Å². The summed E-state index contributed by atoms with van der Waals surface area (Å²) in [5.41, 5.74) is 1.49. The zero-order valence-corrected chi connectivity index (χ0v) is 17.1. The number of carbonyl (C=O) groups is 2. The zero-order valence-electron chi connectivity index (χ0n) is 17.1. The first-order valence-corrected chi connectivity index (χ1v) is 9.60. The van der Waals surface area contributed by atoms with Gasteiger partial charge in [-0.1, -0.05) is 6.92 Å². The number of benzene rings is 2. The van der Waals surface area contributed by atoms with E-state index >= 15 is 0 Å². The SMILES string of the molecule is CCC(=O)c1cc(F)ccc1NC(=O)c1nc2cnc(-c3ccc(F)cc3OC)cn2n1. The second kappa shape index (κ2) is 8.50. The first-order valence-electron chi connectivity index (χ1n) is 9.60. The quantitative estimate of drug-likeness (QED) is 0.459. The van der Waals surface area contributed by atoms with Crippen LogP contribution in [0.3, 0.4) is 0 Å². The van der Waals surface area contributed by atoms with Gasteiger partial charge in [-0.05, 0) is 30.3 Å². The van der Waals surface area contributed by atoms with Crippen molar-refractivity contribution in [1.82, 2.24) is 19.6 Å². The third-order valence-electron chi connectivity index (χ3n) is 4.72. The van der Waals surface area contributed by atoms with Crippen molar-refractivity contribution in [3.8, 4) is 17.0 Å². The molecule has 0 spiro atoms. The van der Waals surface area contributed by atoms with Gasteiger partial charge in [0.2, 0.25) is 5.82 Å². The molecular weight excluding hydrogens is 420 g/mol. The van der Waals surface area contributed by atoms with Crippen molar-refractivity contribution in [2.24, 2.45) is 0 Å². The van der Waals surface area contributed by atoms with E-state index in [1.54, 1.807) is 6.92 Å². The van der Waals surface area contributed by atoms with Crippen LogP contribution in [0, 0.1) is 11.6 Å². The lowest BCUT2D eigenvalue weighted by molar-refractivity contribution is 0.0988. The highest BCUT2D eigenvalue weighted by molar-refractivity contribution is 6.08. The monoisotopic (exact) mass is 437 g/mol. The number of rotatable bonds is 6. The van der Waals surface area contributed by atoms with Crippen molar-refractivity contribution >= 4 is 23.0 Å². The summed E-state index contributed by atoms with van der Waals surface area (Å²) in [5.74, 6) is -1.90. The number of carbonyl (C=O) groups excluding carboxylic acids is 2. The summed E-state index contributed by atoms with van der Waals surface area (Å²) in [7, 11) is 1.42. The first-order chi connectivity index (χ1) is 15.4. The average Bonchev–Trinajstić information content (AvgIpc) is 3.23. The van der Waals surface area contributed by atoms with Gasteiger partial charge in [0, 0.05) is 23.6 Å². The van der Waals surface area contributed by atoms with Gasteiger partial charge in [-0.2, -0.15) is 0 Å². The highest BCUT2D eigenvalue weighted by Crippen LogP contribution is 2.29. The van der Waals surface area contributed by atoms with Crippen LogP contribution in [0.5, 0.6) is 5.75 Å². The number of hydrogen-bond acceptors (Lipinski definition) is 6. The summed E-state index contributed by atoms with van der Waals surface area (Å²) >= 11 is 0. The molecule has 0 unspecified atom stereocenters. The van der Waals surface area contributed by atoms with Gasteiger partial charge in [0.05, 0.1) is 30.9 Å². The predicted octanol–water partition coefficient (Wildman–Crippen LogP) is 3.92. The van der Waals surface area contributed by atoms with Crippen LogP contribution in [0.15, 0.2) is 48.8 Å². The molecule has 0 saturated carbocycles. The van der Waals surface area contributed by atoms with E-state index in [2.05, 4.69) is 20.4 Å². The van der Waals surface area contributed by atoms with E-state index in [4.69, 9.17) is 4.74 Å². The second-order valence-corrected chi connectivity index (χ2v) is 6.78. The Balaban J connectivity index is 1.66. The van der Waals surface area contributed by atoms with Gasteiger partial charge in [0.25, 0.3) is 5.91 Å². The smallest absolute Gasteiger partial charge is 0.295 e. The summed E-state index contributed by atoms with van der Waals surface area (Å²) in [4.78, 5) is 33.2. The van der Waals surface area contributed by atoms with Crippen LogP contribution in [0.2, 0.25) is 0 Å². The normalized spacial score (nSPS) is 10.9. The fourth-order valence-electron chi connectivity index (χ4n) is 3.13. The molecule has 32 heavy (non-hydrogen) atoms. The van der Waals surface area contributed by atoms with Crippen LogP contribution in [-0.4, -0.2) is 38.4 Å². The summed E-state index contributed by atoms with van der Waals surface area (Å²) < 4.78 is 33.6. The van der Waals surface area contributed by atoms with E-state index in [0.29, 0.717) is 22.7 Å². The number of aromatic nitrogens is 4. The maximum absolute atomic E-state index is 13.6. The molecule has 8 nitrogen and oxygen atoms in total. The number of Topliss-reactive ketones (excluding diaryl/α,β-unsaturated/α-hetero) is 1. The molecular formula is C22H17F2N5O3. The Bertz CT molecular complexity index is 1350. The van der Waals surface area contributed by atoms with Crippen molar-refractivity contribution < 1.29 is 23.1 Å². The van der Waals surface area contributed by atoms with Crippen LogP contribution < -0.4 is 10.1 Å². The molecule has 4 aromatic rings. The summed E-state index contributed by atoms with van der Waals surface area (Å²) in [6, 6.07) is 7.57. The Morgan fingerprint density at radius 1 is 1.12 bits per heavy atom. The average molecular weight is 437 g/mol. The standard InChI is InChI=1S/C22H17F2N5O3/c1-3-18(30)15-8-12(23)5-7-16(15)26-22(31)21-27-20-10-25-17(11-29(20)28-21)14-6-4-13(24)9-19(14)32-2/h4-11H,3H2,1-2H3,(H,26,31). The topological polar surface area (TPSA) is 98.5 Å². The Kier molecular flexibility index (Phi) is 5.59. The lowest BCUT2D eigenvalue weighted by Gasteiger charge is -2.08. The van der Waals surface area contributed by atoms with Gasteiger partial charge in [-0.25, -0.2) is 18.3 Å². The third-order valence-corrected chi connectivity index (χ3v) is 4.72. The van der Waals surface area contributed by atoms with Crippen LogP contribution in [0.25, 0.3) is 16.9 Å². The molecule has 4 rings (SSSR count). The van der Waals surface area contributed by atoms with Gasteiger partial charge < -0.3 is 10.1 Å². The van der Waals surface area contributed by atoms with E-state index in [9.17, 15) is 18.4 Å². The number of ether oxygens (including phenoxy) is 1. The number of fused-ring (bicyclic) bond motifs is 1. The molecule has 2 aromatic carbocycles. The van der Waals surface area contributed by atoms with Crippen molar-refractivity contribution in [2.45, 2.75) is 13.3 Å². The molecule has 2 heterocycles. The number of methoxy groups -OCH3 is 1. The maximum atomic E-state index is 13.6. The Hall–Kier alpha value is -4.21. The number of hydrogen-bond donors (Lipinski definition) is 1. The van der Waals surface area contributed by atoms with Crippen LogP contribution >= 0.6 is 0 Å². The molecule has 0 bridgehead atoms. The number of nitrogens with zero attached hydrogens (tertiary/aromatic N) is 4. The number of anilines is 1. The summed E-state index contributed by atoms with van der Waals surface area (Å²) in [6.45, 7) is 1.64. The van der Waals surface area contributed by atoms with Crippen LogP contribution in [-0.2, 0) is 0 Å². The number of halogens is 2. The minimum absolute atomic E-state index is 0.0666. The molecule has 0 aliphatic rings. The molecule has 0 aliphatic heterocycles. The fraction of sp³-hybridized carbons (Fsp3) is 0.136. The van der Waals surface area contributed by atoms with E-state index < -0.39 is 17.5 Å². The summed E-state index contributed by atoms with van der Waals surface area (Å²) in [5, 5.41) is 6.71. The fourth-order valence-corrected chi connectivity index (χ4v) is 3.13. The van der Waals surface area contributed by atoms with Gasteiger partial charge in [0.15, 0.2) is 11.4 Å². The van der Waals surface area contributed by atoms with Crippen molar-refractivity contribution in [3.63, 3.8) is 0 Å². The van der Waals surface area contributed by atoms with E-state index in [-0.39, 0.29) is 29.3 Å². The molecule has 1 N–H and O–H groups in total. The number of ketones is 1. The molecule has 1 amide bonds. The zero-order chi connectivity index (χ0) is 22.8. The Morgan fingerprint density at radius 2 is 1.88 bits per heavy atom. The number of nitrogens with one attached hydrogen (secondary N) is 1. The van der Waals surface area contributed by atoms with E-state index in [0.717, 1.165) is 12.1 Å². The molecule has 0 saturated heterocycles. The van der Waals surface area contributed by atoms with E-state index in [1.807, 2.05) is 0 Å². The molecule has 162 valence electrons. The van der Waals surface area contributed by atoms with Crippen molar-refractivity contribution in [2.75, 3.05) is 12.4 Å². The molecule has 0 fully saturated rings. The van der Waals surface area contributed by atoms with Crippen molar-refractivity contribution in [1.29, 1.82) is 0 Å². The Morgan fingerprint density at radius 3 is 2.62 bits per heavy atom. The molecule has 10 heteroatoms. The third kappa shape index (κ3) is 4.02. The molecule has 0 aliphatic carbocycles. The minimum atomic E-state index is -0.675. The Labute approximate surface area is 180 Å². The largest absolute Gasteiger partial charge is 0.496 e. The molecule has 0 radical (unpaired) electrons. The van der Waals surface area contributed by atoms with Gasteiger partial charge in [-0.15, -0.1) is 5.10 Å². The second-order valence-electron chi connectivity index (χ2n) is 6.78. The minimum Gasteiger partial charge on any atom is -0.496 e. The lowest BCUT2D eigenvalue weighted by atomic mass is 10.1. The number of amides is 1. The highest BCUT2D eigenvalue weighted by Gasteiger charge is 2.18. The van der Waals surface area contributed by atoms with E-state index in [1.165, 1.54) is 48.3 Å².